The zero-order chi connectivity index (χ0) is 21.8. The quantitative estimate of drug-likeness (QED) is 0.612. The third-order valence-corrected chi connectivity index (χ3v) is 5.73. The van der Waals surface area contributed by atoms with Crippen molar-refractivity contribution in [3.05, 3.63) is 84.3 Å². The summed E-state index contributed by atoms with van der Waals surface area (Å²) in [5, 5.41) is 18.7. The van der Waals surface area contributed by atoms with Crippen LogP contribution in [0.3, 0.4) is 0 Å². The molecule has 0 amide bonds. The summed E-state index contributed by atoms with van der Waals surface area (Å²) in [6, 6.07) is 15.9. The number of carbonyl (C=O) groups is 1. The van der Waals surface area contributed by atoms with Gasteiger partial charge in [0.2, 0.25) is 0 Å². The minimum atomic E-state index is -0.445. The molecule has 0 saturated carbocycles. The zero-order valence-electron chi connectivity index (χ0n) is 16.6. The summed E-state index contributed by atoms with van der Waals surface area (Å²) in [7, 11) is 1.31. The fraction of sp³-hybridized carbons (Fsp3) is 0.130. The van der Waals surface area contributed by atoms with Gasteiger partial charge in [-0.2, -0.15) is 10.5 Å². The van der Waals surface area contributed by atoms with Gasteiger partial charge in [0.1, 0.15) is 16.8 Å². The minimum absolute atomic E-state index is 0.129. The number of nitriles is 2. The molecule has 30 heavy (non-hydrogen) atoms. The zero-order valence-corrected chi connectivity index (χ0v) is 17.4. The summed E-state index contributed by atoms with van der Waals surface area (Å²) in [6.45, 7) is 3.90. The molecule has 0 atom stereocenters. The Labute approximate surface area is 176 Å². The Kier molecular flexibility index (Phi) is 5.96. The third-order valence-electron chi connectivity index (χ3n) is 4.64. The van der Waals surface area contributed by atoms with Crippen LogP contribution >= 0.6 is 11.3 Å². The van der Waals surface area contributed by atoms with Crippen molar-refractivity contribution in [2.24, 2.45) is 0 Å². The van der Waals surface area contributed by atoms with Gasteiger partial charge in [0, 0.05) is 0 Å². The average molecular weight is 415 g/mol. The predicted molar refractivity (Wildman–Crippen MR) is 115 cm³/mol. The lowest BCUT2D eigenvalue weighted by atomic mass is 10.1. The summed E-state index contributed by atoms with van der Waals surface area (Å²) < 4.78 is 6.74. The number of carbonyl (C=O) groups excluding carboxylic acids is 1. The van der Waals surface area contributed by atoms with Crippen LogP contribution in [-0.2, 0) is 4.74 Å². The van der Waals surface area contributed by atoms with E-state index in [1.807, 2.05) is 38.1 Å². The molecule has 6 nitrogen and oxygen atoms in total. The van der Waals surface area contributed by atoms with E-state index in [1.54, 1.807) is 36.4 Å². The van der Waals surface area contributed by atoms with Gasteiger partial charge in [-0.25, -0.2) is 4.79 Å². The van der Waals surface area contributed by atoms with Crippen molar-refractivity contribution in [3.8, 4) is 17.8 Å². The second-order valence-corrected chi connectivity index (χ2v) is 7.57. The number of esters is 1. The molecule has 1 aromatic heterocycles. The normalized spacial score (nSPS) is 10.9. The van der Waals surface area contributed by atoms with Crippen molar-refractivity contribution < 1.29 is 9.53 Å². The summed E-state index contributed by atoms with van der Waals surface area (Å²) in [5.41, 5.74) is 3.32. The lowest BCUT2D eigenvalue weighted by molar-refractivity contribution is 0.0600. The largest absolute Gasteiger partial charge is 0.465 e. The topological polar surface area (TPSA) is 95.9 Å². The highest BCUT2D eigenvalue weighted by Crippen LogP contribution is 2.12. The molecule has 0 aliphatic carbocycles. The number of hydrogen-bond donors (Lipinski definition) is 0. The molecule has 148 valence electrons. The molecule has 0 N–H and O–H groups in total. The Balaban J connectivity index is 2.27. The fourth-order valence-electron chi connectivity index (χ4n) is 2.85. The van der Waals surface area contributed by atoms with E-state index >= 15 is 0 Å². The second kappa shape index (κ2) is 8.60. The summed E-state index contributed by atoms with van der Waals surface area (Å²) in [4.78, 5) is 24.8. The first-order valence-electron chi connectivity index (χ1n) is 8.93. The van der Waals surface area contributed by atoms with Crippen molar-refractivity contribution in [3.63, 3.8) is 0 Å². The van der Waals surface area contributed by atoms with Crippen molar-refractivity contribution in [2.45, 2.75) is 13.8 Å². The summed E-state index contributed by atoms with van der Waals surface area (Å²) in [5.74, 6) is -0.445. The number of ether oxygens (including phenoxy) is 1. The molecule has 0 saturated heterocycles. The van der Waals surface area contributed by atoms with E-state index in [0.717, 1.165) is 22.5 Å². The van der Waals surface area contributed by atoms with E-state index in [-0.39, 0.29) is 15.8 Å². The molecule has 0 bridgehead atoms. The van der Waals surface area contributed by atoms with Crippen molar-refractivity contribution >= 4 is 29.0 Å². The molecule has 3 aromatic rings. The monoisotopic (exact) mass is 415 g/mol. The Morgan fingerprint density at radius 2 is 1.73 bits per heavy atom. The number of methoxy groups -OCH3 is 1. The maximum Gasteiger partial charge on any atom is 0.337 e. The van der Waals surface area contributed by atoms with Gasteiger partial charge in [0.15, 0.2) is 5.57 Å². The van der Waals surface area contributed by atoms with Gasteiger partial charge in [-0.15, -0.1) is 11.3 Å². The molecule has 0 aliphatic heterocycles. The van der Waals surface area contributed by atoms with Crippen LogP contribution in [0, 0.1) is 36.5 Å². The van der Waals surface area contributed by atoms with Gasteiger partial charge >= 0.3 is 5.97 Å². The van der Waals surface area contributed by atoms with Gasteiger partial charge in [-0.1, -0.05) is 18.2 Å². The van der Waals surface area contributed by atoms with E-state index in [2.05, 4.69) is 4.74 Å². The van der Waals surface area contributed by atoms with Crippen LogP contribution in [0.5, 0.6) is 0 Å². The predicted octanol–water partition coefficient (Wildman–Crippen LogP) is 2.33. The number of hydrogen-bond acceptors (Lipinski definition) is 6. The SMILES string of the molecule is COC(=O)c1ccc(/C=c2\sc(=C(C#N)C#N)n(-c3ccc(C)c(C)c3)c2=O)cc1. The number of rotatable bonds is 3. The molecule has 2 aromatic carbocycles. The molecule has 0 unspecified atom stereocenters. The van der Waals surface area contributed by atoms with Gasteiger partial charge < -0.3 is 4.74 Å². The number of aryl methyl sites for hydroxylation is 2. The van der Waals surface area contributed by atoms with E-state index in [4.69, 9.17) is 0 Å². The van der Waals surface area contributed by atoms with Crippen LogP contribution in [-0.4, -0.2) is 17.6 Å². The van der Waals surface area contributed by atoms with Crippen molar-refractivity contribution in [1.82, 2.24) is 4.57 Å². The van der Waals surface area contributed by atoms with Crippen molar-refractivity contribution in [1.29, 1.82) is 10.5 Å². The Morgan fingerprint density at radius 3 is 2.30 bits per heavy atom. The van der Waals surface area contributed by atoms with E-state index in [0.29, 0.717) is 21.3 Å². The molecular weight excluding hydrogens is 398 g/mol. The van der Waals surface area contributed by atoms with Crippen LogP contribution in [0.15, 0.2) is 47.3 Å². The van der Waals surface area contributed by atoms with Crippen LogP contribution in [0.1, 0.15) is 27.0 Å². The lowest BCUT2D eigenvalue weighted by Crippen LogP contribution is -2.30. The molecular formula is C23H17N3O3S. The maximum atomic E-state index is 13.2. The molecule has 1 heterocycles. The van der Waals surface area contributed by atoms with E-state index in [9.17, 15) is 20.1 Å². The van der Waals surface area contributed by atoms with Crippen LogP contribution in [0.25, 0.3) is 17.3 Å². The summed E-state index contributed by atoms with van der Waals surface area (Å²) in [6.07, 6.45) is 1.67. The lowest BCUT2D eigenvalue weighted by Gasteiger charge is -2.06. The average Bonchev–Trinajstić information content (AvgIpc) is 3.07. The number of benzene rings is 2. The summed E-state index contributed by atoms with van der Waals surface area (Å²) >= 11 is 1.08. The number of thiazole rings is 1. The Bertz CT molecular complexity index is 1380. The van der Waals surface area contributed by atoms with Gasteiger partial charge in [-0.3, -0.25) is 9.36 Å². The fourth-order valence-corrected chi connectivity index (χ4v) is 3.91. The van der Waals surface area contributed by atoms with Crippen LogP contribution in [0.2, 0.25) is 0 Å². The molecule has 0 radical (unpaired) electrons. The molecule has 0 aliphatic rings. The van der Waals surface area contributed by atoms with Crippen LogP contribution < -0.4 is 14.8 Å². The first-order valence-corrected chi connectivity index (χ1v) is 9.75. The second-order valence-electron chi connectivity index (χ2n) is 6.54. The van der Waals surface area contributed by atoms with Gasteiger partial charge in [0.05, 0.1) is 22.9 Å². The van der Waals surface area contributed by atoms with Gasteiger partial charge in [0.25, 0.3) is 5.56 Å². The maximum absolute atomic E-state index is 13.2. The number of nitrogens with zero attached hydrogens (tertiary/aromatic N) is 3. The highest BCUT2D eigenvalue weighted by atomic mass is 32.1. The number of aromatic nitrogens is 1. The first kappa shape index (κ1) is 20.8. The van der Waals surface area contributed by atoms with Crippen LogP contribution in [0.4, 0.5) is 0 Å². The molecule has 0 spiro atoms. The Morgan fingerprint density at radius 1 is 1.07 bits per heavy atom. The van der Waals surface area contributed by atoms with Gasteiger partial charge in [-0.05, 0) is 60.9 Å². The molecule has 3 rings (SSSR count). The standard InChI is InChI=1S/C23H17N3O3S/c1-14-4-9-19(10-15(14)2)26-21(27)20(30-22(26)18(12-24)13-25)11-16-5-7-17(8-6-16)23(28)29-3/h4-11H,1-3H3/b20-11-. The molecule has 7 heteroatoms. The third kappa shape index (κ3) is 3.93. The Hall–Kier alpha value is -3.94. The highest BCUT2D eigenvalue weighted by molar-refractivity contribution is 7.07. The minimum Gasteiger partial charge on any atom is -0.465 e. The van der Waals surface area contributed by atoms with Crippen molar-refractivity contribution in [2.75, 3.05) is 7.11 Å². The smallest absolute Gasteiger partial charge is 0.337 e. The first-order chi connectivity index (χ1) is 14.4. The van der Waals surface area contributed by atoms with E-state index in [1.165, 1.54) is 11.7 Å². The molecule has 0 fully saturated rings. The highest BCUT2D eigenvalue weighted by Gasteiger charge is 2.12. The van der Waals surface area contributed by atoms with E-state index < -0.39 is 5.97 Å².